The van der Waals surface area contributed by atoms with E-state index in [1.54, 1.807) is 6.92 Å². The minimum Gasteiger partial charge on any atom is -0.465 e. The standard InChI is InChI=1S/C11H11BrF3NO2/c1-2-18-10(17)6-16-9-4-7(11(13,14)15)3-8(12)5-9/h3-5,16H,2,6H2,1H3. The Balaban J connectivity index is 2.78. The molecule has 1 aromatic carbocycles. The molecule has 0 spiro atoms. The largest absolute Gasteiger partial charge is 0.465 e. The van der Waals surface area contributed by atoms with Crippen LogP contribution in [0, 0.1) is 0 Å². The molecule has 0 saturated heterocycles. The van der Waals surface area contributed by atoms with E-state index >= 15 is 0 Å². The van der Waals surface area contributed by atoms with E-state index in [2.05, 4.69) is 26.0 Å². The summed E-state index contributed by atoms with van der Waals surface area (Å²) in [6.07, 6.45) is -4.43. The maximum absolute atomic E-state index is 12.5. The molecular weight excluding hydrogens is 315 g/mol. The van der Waals surface area contributed by atoms with Crippen LogP contribution in [0.1, 0.15) is 12.5 Å². The smallest absolute Gasteiger partial charge is 0.416 e. The Bertz CT molecular complexity index is 435. The Labute approximate surface area is 110 Å². The van der Waals surface area contributed by atoms with Crippen LogP contribution in [0.15, 0.2) is 22.7 Å². The van der Waals surface area contributed by atoms with Crippen molar-refractivity contribution in [2.45, 2.75) is 13.1 Å². The monoisotopic (exact) mass is 325 g/mol. The second-order valence-corrected chi connectivity index (χ2v) is 4.30. The Morgan fingerprint density at radius 1 is 1.39 bits per heavy atom. The van der Waals surface area contributed by atoms with Crippen molar-refractivity contribution in [1.29, 1.82) is 0 Å². The molecule has 0 atom stereocenters. The highest BCUT2D eigenvalue weighted by atomic mass is 79.9. The number of carbonyl (C=O) groups is 1. The molecule has 0 unspecified atom stereocenters. The topological polar surface area (TPSA) is 38.3 Å². The zero-order valence-corrected chi connectivity index (χ0v) is 11.1. The van der Waals surface area contributed by atoms with Gasteiger partial charge in [-0.3, -0.25) is 4.79 Å². The van der Waals surface area contributed by atoms with Gasteiger partial charge in [-0.2, -0.15) is 13.2 Å². The SMILES string of the molecule is CCOC(=O)CNc1cc(Br)cc(C(F)(F)F)c1. The minimum atomic E-state index is -4.43. The second kappa shape index (κ2) is 6.08. The predicted molar refractivity (Wildman–Crippen MR) is 64.3 cm³/mol. The molecule has 0 amide bonds. The predicted octanol–water partition coefficient (Wildman–Crippen LogP) is 3.44. The summed E-state index contributed by atoms with van der Waals surface area (Å²) in [5.74, 6) is -0.522. The van der Waals surface area contributed by atoms with Crippen molar-refractivity contribution >= 4 is 27.6 Å². The van der Waals surface area contributed by atoms with E-state index in [4.69, 9.17) is 0 Å². The van der Waals surface area contributed by atoms with Crippen LogP contribution in [0.3, 0.4) is 0 Å². The van der Waals surface area contributed by atoms with Gasteiger partial charge in [-0.05, 0) is 25.1 Å². The Hall–Kier alpha value is -1.24. The van der Waals surface area contributed by atoms with Gasteiger partial charge in [-0.25, -0.2) is 0 Å². The number of hydrogen-bond donors (Lipinski definition) is 1. The molecule has 0 radical (unpaired) electrons. The highest BCUT2D eigenvalue weighted by Gasteiger charge is 2.31. The minimum absolute atomic E-state index is 0.179. The highest BCUT2D eigenvalue weighted by molar-refractivity contribution is 9.10. The quantitative estimate of drug-likeness (QED) is 0.862. The number of anilines is 1. The number of rotatable bonds is 4. The van der Waals surface area contributed by atoms with Gasteiger partial charge in [0.25, 0.3) is 0 Å². The van der Waals surface area contributed by atoms with Crippen molar-refractivity contribution in [3.05, 3.63) is 28.2 Å². The molecule has 0 aliphatic carbocycles. The number of ether oxygens (including phenoxy) is 1. The lowest BCUT2D eigenvalue weighted by atomic mass is 10.2. The van der Waals surface area contributed by atoms with Crippen molar-refractivity contribution in [1.82, 2.24) is 0 Å². The van der Waals surface area contributed by atoms with E-state index in [0.717, 1.165) is 12.1 Å². The summed E-state index contributed by atoms with van der Waals surface area (Å²) < 4.78 is 42.5. The molecule has 0 aliphatic rings. The van der Waals surface area contributed by atoms with Crippen molar-refractivity contribution in [2.24, 2.45) is 0 Å². The average Bonchev–Trinajstić information content (AvgIpc) is 2.25. The lowest BCUT2D eigenvalue weighted by Crippen LogP contribution is -2.17. The summed E-state index contributed by atoms with van der Waals surface area (Å²) in [5.41, 5.74) is -0.590. The zero-order chi connectivity index (χ0) is 13.8. The molecule has 0 saturated carbocycles. The lowest BCUT2D eigenvalue weighted by molar-refractivity contribution is -0.141. The number of esters is 1. The maximum atomic E-state index is 12.5. The summed E-state index contributed by atoms with van der Waals surface area (Å²) in [5, 5.41) is 2.58. The van der Waals surface area contributed by atoms with Crippen LogP contribution in [0.2, 0.25) is 0 Å². The molecule has 0 aliphatic heterocycles. The fourth-order valence-corrected chi connectivity index (χ4v) is 1.73. The Morgan fingerprint density at radius 3 is 2.61 bits per heavy atom. The molecule has 0 bridgehead atoms. The van der Waals surface area contributed by atoms with E-state index < -0.39 is 17.7 Å². The van der Waals surface area contributed by atoms with Gasteiger partial charge in [0.1, 0.15) is 6.54 Å². The van der Waals surface area contributed by atoms with E-state index in [0.29, 0.717) is 0 Å². The van der Waals surface area contributed by atoms with E-state index in [-0.39, 0.29) is 23.3 Å². The molecule has 0 fully saturated rings. The molecule has 1 aromatic rings. The van der Waals surface area contributed by atoms with E-state index in [9.17, 15) is 18.0 Å². The van der Waals surface area contributed by atoms with Gasteiger partial charge in [0, 0.05) is 10.2 Å². The fraction of sp³-hybridized carbons (Fsp3) is 0.364. The van der Waals surface area contributed by atoms with E-state index in [1.807, 2.05) is 0 Å². The summed E-state index contributed by atoms with van der Waals surface area (Å²) >= 11 is 2.99. The normalized spacial score (nSPS) is 11.2. The number of benzene rings is 1. The highest BCUT2D eigenvalue weighted by Crippen LogP contribution is 2.33. The summed E-state index contributed by atoms with van der Waals surface area (Å²) in [4.78, 5) is 11.1. The molecule has 18 heavy (non-hydrogen) atoms. The third-order valence-electron chi connectivity index (χ3n) is 1.97. The van der Waals surface area contributed by atoms with E-state index in [1.165, 1.54) is 6.07 Å². The van der Waals surface area contributed by atoms with Crippen LogP contribution in [0.5, 0.6) is 0 Å². The van der Waals surface area contributed by atoms with Crippen LogP contribution < -0.4 is 5.32 Å². The van der Waals surface area contributed by atoms with Crippen LogP contribution in [0.25, 0.3) is 0 Å². The van der Waals surface area contributed by atoms with Gasteiger partial charge >= 0.3 is 12.1 Å². The van der Waals surface area contributed by atoms with Gasteiger partial charge in [-0.15, -0.1) is 0 Å². The first-order chi connectivity index (χ1) is 8.32. The van der Waals surface area contributed by atoms with Crippen LogP contribution >= 0.6 is 15.9 Å². The van der Waals surface area contributed by atoms with Gasteiger partial charge in [0.2, 0.25) is 0 Å². The summed E-state index contributed by atoms with van der Waals surface area (Å²) in [6.45, 7) is 1.70. The third-order valence-corrected chi connectivity index (χ3v) is 2.43. The van der Waals surface area contributed by atoms with Crippen LogP contribution in [-0.4, -0.2) is 19.1 Å². The van der Waals surface area contributed by atoms with Gasteiger partial charge in [-0.1, -0.05) is 15.9 Å². The molecule has 0 aromatic heterocycles. The first kappa shape index (κ1) is 14.8. The first-order valence-corrected chi connectivity index (χ1v) is 5.89. The molecule has 100 valence electrons. The molecule has 0 heterocycles. The number of hydrogen-bond acceptors (Lipinski definition) is 3. The lowest BCUT2D eigenvalue weighted by Gasteiger charge is -2.11. The third kappa shape index (κ3) is 4.56. The van der Waals surface area contributed by atoms with Gasteiger partial charge in [0.05, 0.1) is 12.2 Å². The Kier molecular flexibility index (Phi) is 5.01. The first-order valence-electron chi connectivity index (χ1n) is 5.10. The number of carbonyl (C=O) groups excluding carboxylic acids is 1. The van der Waals surface area contributed by atoms with Crippen molar-refractivity contribution in [2.75, 3.05) is 18.5 Å². The van der Waals surface area contributed by atoms with Gasteiger partial charge in [0.15, 0.2) is 0 Å². The van der Waals surface area contributed by atoms with Gasteiger partial charge < -0.3 is 10.1 Å². The average molecular weight is 326 g/mol. The van der Waals surface area contributed by atoms with Crippen molar-refractivity contribution in [3.8, 4) is 0 Å². The molecule has 1 N–H and O–H groups in total. The number of nitrogens with one attached hydrogen (secondary N) is 1. The molecule has 7 heteroatoms. The number of alkyl halides is 3. The van der Waals surface area contributed by atoms with Crippen molar-refractivity contribution in [3.63, 3.8) is 0 Å². The molecule has 1 rings (SSSR count). The molecular formula is C11H11BrF3NO2. The second-order valence-electron chi connectivity index (χ2n) is 3.38. The number of halogens is 4. The maximum Gasteiger partial charge on any atom is 0.416 e. The van der Waals surface area contributed by atoms with Crippen LogP contribution in [0.4, 0.5) is 18.9 Å². The fourth-order valence-electron chi connectivity index (χ4n) is 1.24. The molecule has 3 nitrogen and oxygen atoms in total. The summed E-state index contributed by atoms with van der Waals surface area (Å²) in [6, 6.07) is 3.36. The summed E-state index contributed by atoms with van der Waals surface area (Å²) in [7, 11) is 0. The van der Waals surface area contributed by atoms with Crippen molar-refractivity contribution < 1.29 is 22.7 Å². The van der Waals surface area contributed by atoms with Crippen LogP contribution in [-0.2, 0) is 15.7 Å². The Morgan fingerprint density at radius 2 is 2.06 bits per heavy atom. The zero-order valence-electron chi connectivity index (χ0n) is 9.47.